The Labute approximate surface area is 160 Å². The first-order valence-corrected chi connectivity index (χ1v) is 8.87. The van der Waals surface area contributed by atoms with E-state index < -0.39 is 5.97 Å². The van der Waals surface area contributed by atoms with Crippen molar-refractivity contribution in [1.29, 1.82) is 0 Å². The molecular formula is C19H20N6O3. The summed E-state index contributed by atoms with van der Waals surface area (Å²) in [6.45, 7) is 0. The molecule has 0 spiro atoms. The summed E-state index contributed by atoms with van der Waals surface area (Å²) in [6, 6.07) is 3.77. The molecular weight excluding hydrogens is 360 g/mol. The summed E-state index contributed by atoms with van der Waals surface area (Å²) in [5.41, 5.74) is 9.37. The number of methoxy groups -OCH3 is 1. The Balaban J connectivity index is 1.72. The number of aliphatic carboxylic acids is 1. The van der Waals surface area contributed by atoms with E-state index in [9.17, 15) is 9.90 Å². The van der Waals surface area contributed by atoms with Crippen molar-refractivity contribution in [3.8, 4) is 5.75 Å². The van der Waals surface area contributed by atoms with Gasteiger partial charge in [0.2, 0.25) is 0 Å². The molecule has 2 heterocycles. The SMILES string of the molecule is COc1cc2[nH]ncc2cc1Nc1ncnc(N)c1C1=CCC(C(=O)O)CC1. The minimum Gasteiger partial charge on any atom is -0.494 e. The van der Waals surface area contributed by atoms with E-state index in [-0.39, 0.29) is 5.92 Å². The van der Waals surface area contributed by atoms with E-state index in [0.717, 1.165) is 22.2 Å². The first-order valence-electron chi connectivity index (χ1n) is 8.87. The number of nitrogen functional groups attached to an aromatic ring is 1. The van der Waals surface area contributed by atoms with Crippen LogP contribution in [0.3, 0.4) is 0 Å². The second-order valence-corrected chi connectivity index (χ2v) is 6.66. The monoisotopic (exact) mass is 380 g/mol. The molecule has 0 aliphatic heterocycles. The average Bonchev–Trinajstić information content (AvgIpc) is 3.15. The number of allylic oxidation sites excluding steroid dienone is 2. The summed E-state index contributed by atoms with van der Waals surface area (Å²) >= 11 is 0. The molecule has 0 amide bonds. The van der Waals surface area contributed by atoms with Crippen molar-refractivity contribution >= 4 is 39.8 Å². The highest BCUT2D eigenvalue weighted by Crippen LogP contribution is 2.38. The van der Waals surface area contributed by atoms with Crippen LogP contribution in [0.2, 0.25) is 0 Å². The van der Waals surface area contributed by atoms with Gasteiger partial charge in [0.05, 0.1) is 36.0 Å². The lowest BCUT2D eigenvalue weighted by Gasteiger charge is -2.21. The van der Waals surface area contributed by atoms with Crippen LogP contribution < -0.4 is 15.8 Å². The van der Waals surface area contributed by atoms with Gasteiger partial charge in [-0.05, 0) is 30.9 Å². The molecule has 9 nitrogen and oxygen atoms in total. The fourth-order valence-corrected chi connectivity index (χ4v) is 3.46. The average molecular weight is 380 g/mol. The predicted octanol–water partition coefficient (Wildman–Crippen LogP) is 2.96. The molecule has 1 unspecified atom stereocenters. The molecule has 0 saturated carbocycles. The lowest BCUT2D eigenvalue weighted by Crippen LogP contribution is -2.16. The van der Waals surface area contributed by atoms with Gasteiger partial charge in [0.1, 0.15) is 23.7 Å². The maximum absolute atomic E-state index is 11.2. The molecule has 1 aliphatic carbocycles. The maximum Gasteiger partial charge on any atom is 0.306 e. The second-order valence-electron chi connectivity index (χ2n) is 6.66. The van der Waals surface area contributed by atoms with Gasteiger partial charge in [0, 0.05) is 11.5 Å². The Morgan fingerprint density at radius 2 is 2.25 bits per heavy atom. The van der Waals surface area contributed by atoms with E-state index in [0.29, 0.717) is 42.2 Å². The number of ether oxygens (including phenoxy) is 1. The van der Waals surface area contributed by atoms with Crippen molar-refractivity contribution in [2.45, 2.75) is 19.3 Å². The molecule has 2 aromatic heterocycles. The second kappa shape index (κ2) is 7.18. The topological polar surface area (TPSA) is 139 Å². The number of H-pyrrole nitrogens is 1. The fourth-order valence-electron chi connectivity index (χ4n) is 3.46. The number of fused-ring (bicyclic) bond motifs is 1. The maximum atomic E-state index is 11.2. The zero-order valence-electron chi connectivity index (χ0n) is 15.3. The van der Waals surface area contributed by atoms with E-state index in [4.69, 9.17) is 10.5 Å². The molecule has 1 atom stereocenters. The van der Waals surface area contributed by atoms with E-state index >= 15 is 0 Å². The summed E-state index contributed by atoms with van der Waals surface area (Å²) in [5.74, 6) is 0.386. The van der Waals surface area contributed by atoms with Gasteiger partial charge in [0.15, 0.2) is 0 Å². The van der Waals surface area contributed by atoms with Gasteiger partial charge in [-0.2, -0.15) is 5.10 Å². The highest BCUT2D eigenvalue weighted by atomic mass is 16.5. The largest absolute Gasteiger partial charge is 0.494 e. The van der Waals surface area contributed by atoms with E-state index in [2.05, 4.69) is 25.5 Å². The van der Waals surface area contributed by atoms with Crippen LogP contribution in [0.25, 0.3) is 16.5 Å². The van der Waals surface area contributed by atoms with Gasteiger partial charge in [0.25, 0.3) is 0 Å². The minimum absolute atomic E-state index is 0.348. The molecule has 0 bridgehead atoms. The van der Waals surface area contributed by atoms with Crippen LogP contribution in [0.15, 0.2) is 30.7 Å². The fraction of sp³-hybridized carbons (Fsp3) is 0.263. The van der Waals surface area contributed by atoms with E-state index in [1.807, 2.05) is 18.2 Å². The van der Waals surface area contributed by atoms with Crippen molar-refractivity contribution in [3.63, 3.8) is 0 Å². The number of benzene rings is 1. The quantitative estimate of drug-likeness (QED) is 0.530. The molecule has 1 aliphatic rings. The highest BCUT2D eigenvalue weighted by Gasteiger charge is 2.24. The molecule has 0 fully saturated rings. The lowest BCUT2D eigenvalue weighted by atomic mass is 9.87. The van der Waals surface area contributed by atoms with Gasteiger partial charge in [-0.25, -0.2) is 9.97 Å². The Bertz CT molecular complexity index is 1070. The van der Waals surface area contributed by atoms with E-state index in [1.165, 1.54) is 6.33 Å². The van der Waals surface area contributed by atoms with Gasteiger partial charge in [-0.1, -0.05) is 6.08 Å². The third-order valence-corrected chi connectivity index (χ3v) is 4.97. The number of rotatable bonds is 5. The summed E-state index contributed by atoms with van der Waals surface area (Å²) in [7, 11) is 1.59. The normalized spacial score (nSPS) is 16.6. The molecule has 3 aromatic rings. The number of nitrogens with zero attached hydrogens (tertiary/aromatic N) is 3. The summed E-state index contributed by atoms with van der Waals surface area (Å²) in [5, 5.41) is 20.4. The summed E-state index contributed by atoms with van der Waals surface area (Å²) in [6.07, 6.45) is 6.65. The molecule has 144 valence electrons. The molecule has 5 N–H and O–H groups in total. The Morgan fingerprint density at radius 1 is 1.39 bits per heavy atom. The molecule has 4 rings (SSSR count). The number of aromatic nitrogens is 4. The van der Waals surface area contributed by atoms with Crippen LogP contribution in [0.5, 0.6) is 5.75 Å². The van der Waals surface area contributed by atoms with Crippen LogP contribution in [0.1, 0.15) is 24.8 Å². The van der Waals surface area contributed by atoms with Crippen molar-refractivity contribution in [2.75, 3.05) is 18.2 Å². The Kier molecular flexibility index (Phi) is 4.56. The summed E-state index contributed by atoms with van der Waals surface area (Å²) < 4.78 is 5.49. The number of hydrogen-bond acceptors (Lipinski definition) is 7. The predicted molar refractivity (Wildman–Crippen MR) is 105 cm³/mol. The number of carboxylic acids is 1. The lowest BCUT2D eigenvalue weighted by molar-refractivity contribution is -0.141. The van der Waals surface area contributed by atoms with Crippen molar-refractivity contribution in [3.05, 3.63) is 36.3 Å². The number of carbonyl (C=O) groups is 1. The number of anilines is 3. The molecule has 0 radical (unpaired) electrons. The summed E-state index contributed by atoms with van der Waals surface area (Å²) in [4.78, 5) is 19.7. The van der Waals surface area contributed by atoms with E-state index in [1.54, 1.807) is 13.3 Å². The highest BCUT2D eigenvalue weighted by molar-refractivity contribution is 5.89. The first-order chi connectivity index (χ1) is 13.6. The third-order valence-electron chi connectivity index (χ3n) is 4.97. The van der Waals surface area contributed by atoms with Gasteiger partial charge in [-0.15, -0.1) is 0 Å². The van der Waals surface area contributed by atoms with Crippen LogP contribution in [0.4, 0.5) is 17.3 Å². The van der Waals surface area contributed by atoms with Crippen molar-refractivity contribution in [1.82, 2.24) is 20.2 Å². The smallest absolute Gasteiger partial charge is 0.306 e. The number of hydrogen-bond donors (Lipinski definition) is 4. The van der Waals surface area contributed by atoms with Crippen LogP contribution in [-0.4, -0.2) is 38.4 Å². The molecule has 0 saturated heterocycles. The van der Waals surface area contributed by atoms with Crippen LogP contribution >= 0.6 is 0 Å². The number of aromatic amines is 1. The first kappa shape index (κ1) is 17.8. The molecule has 9 heteroatoms. The van der Waals surface area contributed by atoms with Gasteiger partial charge < -0.3 is 20.9 Å². The Morgan fingerprint density at radius 3 is 2.96 bits per heavy atom. The zero-order valence-corrected chi connectivity index (χ0v) is 15.3. The van der Waals surface area contributed by atoms with Crippen molar-refractivity contribution in [2.24, 2.45) is 5.92 Å². The van der Waals surface area contributed by atoms with Crippen LogP contribution in [0, 0.1) is 5.92 Å². The number of nitrogens with two attached hydrogens (primary N) is 1. The third kappa shape index (κ3) is 3.22. The molecule has 28 heavy (non-hydrogen) atoms. The molecule has 1 aromatic carbocycles. The van der Waals surface area contributed by atoms with Crippen molar-refractivity contribution < 1.29 is 14.6 Å². The Hall–Kier alpha value is -3.62. The minimum atomic E-state index is -0.774. The number of carboxylic acid groups (broad SMARTS) is 1. The number of nitrogens with one attached hydrogen (secondary N) is 2. The van der Waals surface area contributed by atoms with Gasteiger partial charge in [-0.3, -0.25) is 9.89 Å². The zero-order chi connectivity index (χ0) is 19.7. The van der Waals surface area contributed by atoms with Crippen LogP contribution in [-0.2, 0) is 4.79 Å². The standard InChI is InChI=1S/C19H20N6O3/c1-28-15-7-13-12(8-23-25-13)6-14(15)24-18-16(17(20)21-9-22-18)10-2-4-11(5-3-10)19(26)27/h2,6-9,11H,3-5H2,1H3,(H,23,25)(H,26,27)(H3,20,21,22,24). The van der Waals surface area contributed by atoms with Gasteiger partial charge >= 0.3 is 5.97 Å².